The first-order valence-corrected chi connectivity index (χ1v) is 7.29. The Kier molecular flexibility index (Phi) is 4.33. The Bertz CT molecular complexity index is 465. The van der Waals surface area contributed by atoms with Crippen LogP contribution in [-0.2, 0) is 11.3 Å². The van der Waals surface area contributed by atoms with Gasteiger partial charge >= 0.3 is 0 Å². The summed E-state index contributed by atoms with van der Waals surface area (Å²) >= 11 is 0. The van der Waals surface area contributed by atoms with Crippen molar-refractivity contribution >= 4 is 11.6 Å². The summed E-state index contributed by atoms with van der Waals surface area (Å²) in [6.07, 6.45) is 0. The molecule has 20 heavy (non-hydrogen) atoms. The highest BCUT2D eigenvalue weighted by atomic mass is 16.2. The molecule has 1 amide bonds. The van der Waals surface area contributed by atoms with Gasteiger partial charge in [-0.2, -0.15) is 0 Å². The monoisotopic (exact) mass is 275 g/mol. The van der Waals surface area contributed by atoms with Crippen LogP contribution in [-0.4, -0.2) is 30.6 Å². The summed E-state index contributed by atoms with van der Waals surface area (Å²) in [7, 11) is 0. The highest BCUT2D eigenvalue weighted by molar-refractivity contribution is 5.90. The van der Waals surface area contributed by atoms with E-state index in [0.29, 0.717) is 12.6 Å². The first kappa shape index (κ1) is 14.9. The number of nitrogens with zero attached hydrogens (tertiary/aromatic N) is 1. The lowest BCUT2D eigenvalue weighted by atomic mass is 9.97. The van der Waals surface area contributed by atoms with E-state index in [2.05, 4.69) is 53.6 Å². The predicted octanol–water partition coefficient (Wildman–Crippen LogP) is 1.90. The van der Waals surface area contributed by atoms with Crippen molar-refractivity contribution in [3.63, 3.8) is 0 Å². The van der Waals surface area contributed by atoms with Crippen molar-refractivity contribution in [2.45, 2.75) is 45.8 Å². The van der Waals surface area contributed by atoms with Crippen molar-refractivity contribution in [2.24, 2.45) is 0 Å². The largest absolute Gasteiger partial charge is 0.356 e. The highest BCUT2D eigenvalue weighted by Crippen LogP contribution is 2.26. The second-order valence-corrected chi connectivity index (χ2v) is 6.17. The Morgan fingerprint density at radius 1 is 1.30 bits per heavy atom. The zero-order chi connectivity index (χ0) is 14.8. The highest BCUT2D eigenvalue weighted by Gasteiger charge is 2.37. The Labute approximate surface area is 121 Å². The molecular weight excluding hydrogens is 250 g/mol. The molecule has 1 fully saturated rings. The van der Waals surface area contributed by atoms with Gasteiger partial charge in [0.05, 0.1) is 0 Å². The molecule has 2 N–H and O–H groups in total. The van der Waals surface area contributed by atoms with E-state index in [1.807, 2.05) is 13.8 Å². The zero-order valence-electron chi connectivity index (χ0n) is 12.9. The maximum Gasteiger partial charge on any atom is 0.245 e. The van der Waals surface area contributed by atoms with Crippen LogP contribution in [0.25, 0.3) is 0 Å². The fourth-order valence-corrected chi connectivity index (χ4v) is 2.47. The smallest absolute Gasteiger partial charge is 0.245 e. The van der Waals surface area contributed by atoms with Crippen molar-refractivity contribution in [2.75, 3.05) is 18.0 Å². The number of anilines is 1. The maximum absolute atomic E-state index is 12.0. The average molecular weight is 275 g/mol. The summed E-state index contributed by atoms with van der Waals surface area (Å²) in [5.74, 6) is 0.0919. The SMILES string of the molecule is CC(C)NCc1ccc(N2CCNC(=O)C2(C)C)cc1. The standard InChI is InChI=1S/C16H25N3O/c1-12(2)18-11-13-5-7-14(8-6-13)19-10-9-17-15(20)16(19,3)4/h5-8,12,18H,9-11H2,1-4H3,(H,17,20). The molecule has 0 aromatic heterocycles. The average Bonchev–Trinajstić information content (AvgIpc) is 2.40. The summed E-state index contributed by atoms with van der Waals surface area (Å²) in [5.41, 5.74) is 1.88. The summed E-state index contributed by atoms with van der Waals surface area (Å²) in [4.78, 5) is 14.2. The number of piperazine rings is 1. The van der Waals surface area contributed by atoms with Crippen LogP contribution in [0.15, 0.2) is 24.3 Å². The van der Waals surface area contributed by atoms with Gasteiger partial charge in [0.1, 0.15) is 5.54 Å². The minimum Gasteiger partial charge on any atom is -0.356 e. The van der Waals surface area contributed by atoms with Gasteiger partial charge in [-0.05, 0) is 31.5 Å². The van der Waals surface area contributed by atoms with Crippen molar-refractivity contribution < 1.29 is 4.79 Å². The number of rotatable bonds is 4. The van der Waals surface area contributed by atoms with Crippen LogP contribution in [0.5, 0.6) is 0 Å². The third kappa shape index (κ3) is 3.12. The number of hydrogen-bond donors (Lipinski definition) is 2. The van der Waals surface area contributed by atoms with E-state index in [-0.39, 0.29) is 5.91 Å². The van der Waals surface area contributed by atoms with E-state index < -0.39 is 5.54 Å². The number of amides is 1. The molecule has 110 valence electrons. The number of benzene rings is 1. The van der Waals surface area contributed by atoms with Crippen molar-refractivity contribution in [3.8, 4) is 0 Å². The molecule has 0 spiro atoms. The van der Waals surface area contributed by atoms with Crippen molar-refractivity contribution in [1.29, 1.82) is 0 Å². The van der Waals surface area contributed by atoms with Crippen LogP contribution in [0.4, 0.5) is 5.69 Å². The molecule has 1 aliphatic heterocycles. The van der Waals surface area contributed by atoms with Gasteiger partial charge in [-0.15, -0.1) is 0 Å². The van der Waals surface area contributed by atoms with Crippen LogP contribution in [0.3, 0.4) is 0 Å². The molecule has 0 aliphatic carbocycles. The Morgan fingerprint density at radius 2 is 1.95 bits per heavy atom. The Balaban J connectivity index is 2.11. The number of nitrogens with one attached hydrogen (secondary N) is 2. The molecule has 1 heterocycles. The third-order valence-corrected chi connectivity index (χ3v) is 3.81. The van der Waals surface area contributed by atoms with E-state index in [1.54, 1.807) is 0 Å². The lowest BCUT2D eigenvalue weighted by Gasteiger charge is -2.42. The fraction of sp³-hybridized carbons (Fsp3) is 0.562. The molecule has 4 nitrogen and oxygen atoms in total. The molecule has 1 aromatic rings. The molecule has 0 atom stereocenters. The molecule has 0 bridgehead atoms. The van der Waals surface area contributed by atoms with Gasteiger partial charge in [-0.25, -0.2) is 0 Å². The number of carbonyl (C=O) groups is 1. The molecular formula is C16H25N3O. The van der Waals surface area contributed by atoms with Gasteiger partial charge in [0.25, 0.3) is 0 Å². The molecule has 0 unspecified atom stereocenters. The molecule has 1 aromatic carbocycles. The molecule has 2 rings (SSSR count). The molecule has 4 heteroatoms. The molecule has 0 saturated carbocycles. The van der Waals surface area contributed by atoms with E-state index >= 15 is 0 Å². The third-order valence-electron chi connectivity index (χ3n) is 3.81. The van der Waals surface area contributed by atoms with Crippen LogP contribution in [0, 0.1) is 0 Å². The van der Waals surface area contributed by atoms with E-state index in [9.17, 15) is 4.79 Å². The van der Waals surface area contributed by atoms with Crippen LogP contribution >= 0.6 is 0 Å². The number of hydrogen-bond acceptors (Lipinski definition) is 3. The lowest BCUT2D eigenvalue weighted by molar-refractivity contribution is -0.126. The van der Waals surface area contributed by atoms with Gasteiger partial charge in [-0.1, -0.05) is 26.0 Å². The molecule has 1 saturated heterocycles. The lowest BCUT2D eigenvalue weighted by Crippen LogP contribution is -2.62. The van der Waals surface area contributed by atoms with Gasteiger partial charge in [0.2, 0.25) is 5.91 Å². The second-order valence-electron chi connectivity index (χ2n) is 6.17. The predicted molar refractivity (Wildman–Crippen MR) is 82.9 cm³/mol. The van der Waals surface area contributed by atoms with Gasteiger partial charge in [0.15, 0.2) is 0 Å². The van der Waals surface area contributed by atoms with Crippen LogP contribution in [0.2, 0.25) is 0 Å². The van der Waals surface area contributed by atoms with Crippen molar-refractivity contribution in [3.05, 3.63) is 29.8 Å². The summed E-state index contributed by atoms with van der Waals surface area (Å²) in [5, 5.41) is 6.33. The molecule has 0 radical (unpaired) electrons. The Morgan fingerprint density at radius 3 is 2.55 bits per heavy atom. The van der Waals surface area contributed by atoms with Gasteiger partial charge in [0, 0.05) is 31.4 Å². The van der Waals surface area contributed by atoms with E-state index in [0.717, 1.165) is 18.8 Å². The zero-order valence-corrected chi connectivity index (χ0v) is 12.9. The topological polar surface area (TPSA) is 44.4 Å². The summed E-state index contributed by atoms with van der Waals surface area (Å²) < 4.78 is 0. The minimum atomic E-state index is -0.490. The maximum atomic E-state index is 12.0. The Hall–Kier alpha value is -1.55. The van der Waals surface area contributed by atoms with Gasteiger partial charge < -0.3 is 15.5 Å². The second kappa shape index (κ2) is 5.83. The summed E-state index contributed by atoms with van der Waals surface area (Å²) in [6.45, 7) is 10.7. The normalized spacial score (nSPS) is 18.2. The quantitative estimate of drug-likeness (QED) is 0.882. The number of carbonyl (C=O) groups excluding carboxylic acids is 1. The summed E-state index contributed by atoms with van der Waals surface area (Å²) in [6, 6.07) is 8.97. The minimum absolute atomic E-state index is 0.0919. The fourth-order valence-electron chi connectivity index (χ4n) is 2.47. The van der Waals surface area contributed by atoms with Gasteiger partial charge in [-0.3, -0.25) is 4.79 Å². The van der Waals surface area contributed by atoms with E-state index in [1.165, 1.54) is 5.56 Å². The molecule has 1 aliphatic rings. The van der Waals surface area contributed by atoms with E-state index in [4.69, 9.17) is 0 Å². The van der Waals surface area contributed by atoms with Crippen LogP contribution < -0.4 is 15.5 Å². The van der Waals surface area contributed by atoms with Crippen LogP contribution in [0.1, 0.15) is 33.3 Å². The first-order valence-electron chi connectivity index (χ1n) is 7.29. The van der Waals surface area contributed by atoms with Crippen molar-refractivity contribution in [1.82, 2.24) is 10.6 Å². The first-order chi connectivity index (χ1) is 9.41.